The zero-order valence-corrected chi connectivity index (χ0v) is 12.8. The third kappa shape index (κ3) is 2.80. The Morgan fingerprint density at radius 2 is 2.25 bits per heavy atom. The molecule has 0 bridgehead atoms. The first-order valence-corrected chi connectivity index (χ1v) is 8.57. The van der Waals surface area contributed by atoms with Gasteiger partial charge in [0, 0.05) is 22.7 Å². The molecule has 0 fully saturated rings. The summed E-state index contributed by atoms with van der Waals surface area (Å²) in [5, 5.41) is 13.1. The van der Waals surface area contributed by atoms with Gasteiger partial charge in [-0.15, -0.1) is 22.7 Å². The Hall–Kier alpha value is -1.17. The van der Waals surface area contributed by atoms with E-state index < -0.39 is 5.97 Å². The standard InChI is InChI=1S/C15H17NO2S2/c17-14(18)4-1-7-16-8-5-12-11(6-10-20-12)15(16)13-3-2-9-19-13/h2-3,6,9-10,15H,1,4-5,7-8H2,(H,17,18). The molecule has 0 radical (unpaired) electrons. The van der Waals surface area contributed by atoms with Crippen molar-refractivity contribution in [1.82, 2.24) is 4.90 Å². The topological polar surface area (TPSA) is 40.5 Å². The highest BCUT2D eigenvalue weighted by molar-refractivity contribution is 7.10. The maximum Gasteiger partial charge on any atom is 0.303 e. The van der Waals surface area contributed by atoms with Crippen molar-refractivity contribution in [2.24, 2.45) is 0 Å². The van der Waals surface area contributed by atoms with Crippen LogP contribution in [0.25, 0.3) is 0 Å². The van der Waals surface area contributed by atoms with Gasteiger partial charge in [-0.25, -0.2) is 0 Å². The Kier molecular flexibility index (Phi) is 4.19. The first-order valence-electron chi connectivity index (χ1n) is 6.81. The molecule has 1 aliphatic heterocycles. The highest BCUT2D eigenvalue weighted by atomic mass is 32.1. The van der Waals surface area contributed by atoms with E-state index in [0.717, 1.165) is 25.9 Å². The van der Waals surface area contributed by atoms with E-state index in [1.54, 1.807) is 11.3 Å². The van der Waals surface area contributed by atoms with Gasteiger partial charge in [0.2, 0.25) is 0 Å². The predicted octanol–water partition coefficient (Wildman–Crippen LogP) is 3.62. The van der Waals surface area contributed by atoms with E-state index in [1.807, 2.05) is 11.3 Å². The average molecular weight is 307 g/mol. The molecule has 0 aliphatic carbocycles. The summed E-state index contributed by atoms with van der Waals surface area (Å²) >= 11 is 3.63. The molecule has 1 N–H and O–H groups in total. The molecule has 3 nitrogen and oxygen atoms in total. The van der Waals surface area contributed by atoms with Crippen molar-refractivity contribution >= 4 is 28.6 Å². The summed E-state index contributed by atoms with van der Waals surface area (Å²) in [5.74, 6) is -0.703. The number of rotatable bonds is 5. The Bertz CT molecular complexity index is 576. The fraction of sp³-hybridized carbons (Fsp3) is 0.400. The summed E-state index contributed by atoms with van der Waals surface area (Å²) in [6, 6.07) is 6.83. The molecular weight excluding hydrogens is 290 g/mol. The Balaban J connectivity index is 1.81. The van der Waals surface area contributed by atoms with Gasteiger partial charge in [0.15, 0.2) is 0 Å². The lowest BCUT2D eigenvalue weighted by atomic mass is 9.98. The zero-order valence-electron chi connectivity index (χ0n) is 11.1. The molecule has 0 saturated heterocycles. The van der Waals surface area contributed by atoms with Crippen molar-refractivity contribution in [3.63, 3.8) is 0 Å². The first kappa shape index (κ1) is 13.8. The van der Waals surface area contributed by atoms with Crippen molar-refractivity contribution in [2.75, 3.05) is 13.1 Å². The first-order chi connectivity index (χ1) is 9.75. The van der Waals surface area contributed by atoms with Crippen LogP contribution in [0.4, 0.5) is 0 Å². The van der Waals surface area contributed by atoms with Crippen LogP contribution >= 0.6 is 22.7 Å². The smallest absolute Gasteiger partial charge is 0.303 e. The number of thiophene rings is 2. The summed E-state index contributed by atoms with van der Waals surface area (Å²) < 4.78 is 0. The van der Waals surface area contributed by atoms with Crippen molar-refractivity contribution in [3.8, 4) is 0 Å². The zero-order chi connectivity index (χ0) is 13.9. The minimum Gasteiger partial charge on any atom is -0.481 e. The predicted molar refractivity (Wildman–Crippen MR) is 82.6 cm³/mol. The monoisotopic (exact) mass is 307 g/mol. The van der Waals surface area contributed by atoms with Crippen LogP contribution in [0.2, 0.25) is 0 Å². The van der Waals surface area contributed by atoms with E-state index in [2.05, 4.69) is 33.9 Å². The minimum absolute atomic E-state index is 0.254. The summed E-state index contributed by atoms with van der Waals surface area (Å²) in [5.41, 5.74) is 1.42. The highest BCUT2D eigenvalue weighted by Gasteiger charge is 2.29. The van der Waals surface area contributed by atoms with E-state index in [9.17, 15) is 4.79 Å². The molecule has 1 atom stereocenters. The Morgan fingerprint density at radius 1 is 1.35 bits per heavy atom. The van der Waals surface area contributed by atoms with E-state index in [-0.39, 0.29) is 6.42 Å². The molecule has 106 valence electrons. The van der Waals surface area contributed by atoms with Gasteiger partial charge in [-0.3, -0.25) is 9.69 Å². The molecule has 0 saturated carbocycles. The lowest BCUT2D eigenvalue weighted by molar-refractivity contribution is -0.137. The van der Waals surface area contributed by atoms with Crippen molar-refractivity contribution in [2.45, 2.75) is 25.3 Å². The summed E-state index contributed by atoms with van der Waals surface area (Å²) in [6.07, 6.45) is 2.06. The third-order valence-electron chi connectivity index (χ3n) is 3.71. The summed E-state index contributed by atoms with van der Waals surface area (Å²) in [7, 11) is 0. The maximum absolute atomic E-state index is 10.7. The minimum atomic E-state index is -0.703. The van der Waals surface area contributed by atoms with E-state index >= 15 is 0 Å². The van der Waals surface area contributed by atoms with Gasteiger partial charge >= 0.3 is 5.97 Å². The van der Waals surface area contributed by atoms with Gasteiger partial charge in [-0.1, -0.05) is 6.07 Å². The quantitative estimate of drug-likeness (QED) is 0.917. The molecule has 2 aromatic rings. The molecule has 0 amide bonds. The maximum atomic E-state index is 10.7. The number of nitrogens with zero attached hydrogens (tertiary/aromatic N) is 1. The second kappa shape index (κ2) is 6.08. The van der Waals surface area contributed by atoms with Crippen molar-refractivity contribution < 1.29 is 9.90 Å². The number of fused-ring (bicyclic) bond motifs is 1. The molecule has 0 spiro atoms. The van der Waals surface area contributed by atoms with Crippen LogP contribution in [0, 0.1) is 0 Å². The summed E-state index contributed by atoms with van der Waals surface area (Å²) in [6.45, 7) is 1.87. The van der Waals surface area contributed by atoms with Crippen LogP contribution in [-0.4, -0.2) is 29.1 Å². The Morgan fingerprint density at radius 3 is 3.00 bits per heavy atom. The van der Waals surface area contributed by atoms with Crippen LogP contribution < -0.4 is 0 Å². The second-order valence-electron chi connectivity index (χ2n) is 5.00. The van der Waals surface area contributed by atoms with Crippen molar-refractivity contribution in [1.29, 1.82) is 0 Å². The van der Waals surface area contributed by atoms with Crippen molar-refractivity contribution in [3.05, 3.63) is 44.3 Å². The number of aliphatic carboxylic acids is 1. The molecule has 20 heavy (non-hydrogen) atoms. The molecule has 5 heteroatoms. The number of carboxylic acids is 1. The number of hydrogen-bond acceptors (Lipinski definition) is 4. The molecule has 3 rings (SSSR count). The molecule has 1 aliphatic rings. The van der Waals surface area contributed by atoms with Gasteiger partial charge in [-0.05, 0) is 47.8 Å². The fourth-order valence-corrected chi connectivity index (χ4v) is 4.60. The molecule has 2 aromatic heterocycles. The van der Waals surface area contributed by atoms with E-state index in [0.29, 0.717) is 6.04 Å². The van der Waals surface area contributed by atoms with Gasteiger partial charge in [0.25, 0.3) is 0 Å². The van der Waals surface area contributed by atoms with Crippen LogP contribution in [0.1, 0.15) is 34.2 Å². The fourth-order valence-electron chi connectivity index (χ4n) is 2.82. The van der Waals surface area contributed by atoms with Gasteiger partial charge in [0.05, 0.1) is 6.04 Å². The van der Waals surface area contributed by atoms with Gasteiger partial charge in [-0.2, -0.15) is 0 Å². The SMILES string of the molecule is O=C(O)CCCN1CCc2sccc2C1c1cccs1. The lowest BCUT2D eigenvalue weighted by Crippen LogP contribution is -2.35. The normalized spacial score (nSPS) is 18.9. The largest absolute Gasteiger partial charge is 0.481 e. The van der Waals surface area contributed by atoms with Gasteiger partial charge in [0.1, 0.15) is 0 Å². The number of carboxylic acid groups (broad SMARTS) is 1. The van der Waals surface area contributed by atoms with Crippen LogP contribution in [0.15, 0.2) is 29.0 Å². The van der Waals surface area contributed by atoms with Crippen LogP contribution in [0.5, 0.6) is 0 Å². The molecular formula is C15H17NO2S2. The van der Waals surface area contributed by atoms with E-state index in [1.165, 1.54) is 15.3 Å². The lowest BCUT2D eigenvalue weighted by Gasteiger charge is -2.35. The molecule has 3 heterocycles. The third-order valence-corrected chi connectivity index (χ3v) is 5.64. The van der Waals surface area contributed by atoms with E-state index in [4.69, 9.17) is 5.11 Å². The Labute approximate surface area is 126 Å². The van der Waals surface area contributed by atoms with Crippen LogP contribution in [0.3, 0.4) is 0 Å². The summed E-state index contributed by atoms with van der Waals surface area (Å²) in [4.78, 5) is 16.0. The molecule has 0 aromatic carbocycles. The highest BCUT2D eigenvalue weighted by Crippen LogP contribution is 2.39. The average Bonchev–Trinajstić information content (AvgIpc) is 3.08. The molecule has 1 unspecified atom stereocenters. The van der Waals surface area contributed by atoms with Crippen LogP contribution in [-0.2, 0) is 11.2 Å². The number of carbonyl (C=O) groups is 1. The van der Waals surface area contributed by atoms with Gasteiger partial charge < -0.3 is 5.11 Å². The number of hydrogen-bond donors (Lipinski definition) is 1. The second-order valence-corrected chi connectivity index (χ2v) is 6.98.